The molecule has 15 nitrogen and oxygen atoms in total. The smallest absolute Gasteiger partial charge is 0.0935 e. The van der Waals surface area contributed by atoms with Crippen LogP contribution in [0, 0.1) is 0 Å². The van der Waals surface area contributed by atoms with Crippen LogP contribution in [0.3, 0.4) is 0 Å². The van der Waals surface area contributed by atoms with Crippen molar-refractivity contribution in [1.82, 2.24) is 58.8 Å². The summed E-state index contributed by atoms with van der Waals surface area (Å²) >= 11 is 0. The molecule has 0 aromatic heterocycles. The van der Waals surface area contributed by atoms with Gasteiger partial charge in [-0.2, -0.15) is 0 Å². The van der Waals surface area contributed by atoms with Crippen molar-refractivity contribution in [2.75, 3.05) is 204 Å². The minimum atomic E-state index is 0. The van der Waals surface area contributed by atoms with Gasteiger partial charge < -0.3 is 19.1 Å². The van der Waals surface area contributed by atoms with Crippen molar-refractivity contribution < 1.29 is 14.2 Å². The largest absolute Gasteiger partial charge is 0.383 e. The number of likely N-dealkylation sites (N-methyl/N-ethyl adjacent to an activating group) is 1. The second kappa shape index (κ2) is 41.1. The summed E-state index contributed by atoms with van der Waals surface area (Å²) in [7, 11) is 3.49. The van der Waals surface area contributed by atoms with E-state index in [2.05, 4.69) is 225 Å². The molecule has 7 saturated heterocycles. The van der Waals surface area contributed by atoms with Crippen molar-refractivity contribution in [1.29, 1.82) is 0 Å². The summed E-state index contributed by atoms with van der Waals surface area (Å²) in [5, 5.41) is 0. The maximum atomic E-state index is 5.58. The Bertz CT molecular complexity index is 1740. The number of nitrogens with zero attached hydrogens (tertiary/aromatic N) is 12. The molecule has 0 unspecified atom stereocenters. The van der Waals surface area contributed by atoms with Crippen molar-refractivity contribution >= 4 is 0 Å². The molecule has 7 heterocycles. The van der Waals surface area contributed by atoms with Crippen LogP contribution in [0.2, 0.25) is 0 Å². The molecular weight excluding hydrogens is 1130 g/mol. The van der Waals surface area contributed by atoms with Crippen LogP contribution in [0.1, 0.15) is 231 Å². The monoisotopic (exact) mass is 1290 g/mol. The first-order chi connectivity index (χ1) is 41.8. The number of likely N-dealkylation sites (tertiary alicyclic amines) is 1. The summed E-state index contributed by atoms with van der Waals surface area (Å²) in [6.45, 7) is 89.2. The van der Waals surface area contributed by atoms with Crippen molar-refractivity contribution in [3.05, 3.63) is 0 Å². The first-order valence-corrected chi connectivity index (χ1v) is 37.3. The second-order valence-electron chi connectivity index (χ2n) is 35.2. The van der Waals surface area contributed by atoms with Gasteiger partial charge in [-0.15, -0.1) is 0 Å². The number of hydrogen-bond donors (Lipinski definition) is 0. The normalized spacial score (nSPS) is 24.4. The van der Waals surface area contributed by atoms with E-state index in [1.807, 2.05) is 0 Å². The van der Waals surface area contributed by atoms with E-state index in [4.69, 9.17) is 14.2 Å². The zero-order valence-electron chi connectivity index (χ0n) is 65.3. The summed E-state index contributed by atoms with van der Waals surface area (Å²) in [6.07, 6.45) is 13.2. The van der Waals surface area contributed by atoms with Gasteiger partial charge in [-0.3, -0.25) is 53.9 Å². The summed E-state index contributed by atoms with van der Waals surface area (Å²) in [4.78, 5) is 30.9. The molecule has 0 spiro atoms. The standard InChI is InChI=1S/2C12H24N2.C11H24N2O.C11H24N2.C10H22N2.C10H21NO2.C9H19N.CH4/c2*1-12(2,3)14-9-7-13(8-10-14)11-5-4-6-11;1-11(2,3)13-7-5-12(6-8-13)9-10-14-4;1-10(2)12-6-8-13(9-7-12)11(3,4)5;1-5-11-6-8-12(9-7-11)10(2,3)4;1-10(2,3)11-5-6-13-9(7-11)8-12-4;1-9(2,3)10-7-5-4-6-8-10;/h2*11H,4-10H2,1-3H3;5-10H2,1-4H3;10H,6-9H2,1-5H3;5-9H2,1-4H3;9H,5-8H2,1-4H3;4-8H2,1-3H3;1H4/t;;;;;9-;;/m.....0../s1. The molecule has 0 bridgehead atoms. The minimum absolute atomic E-state index is 0. The molecule has 9 fully saturated rings. The van der Waals surface area contributed by atoms with E-state index in [0.717, 1.165) is 44.9 Å². The highest BCUT2D eigenvalue weighted by molar-refractivity contribution is 4.91. The molecule has 1 atom stereocenters. The Morgan fingerprint density at radius 2 is 0.681 bits per heavy atom. The lowest BCUT2D eigenvalue weighted by atomic mass is 9.91. The van der Waals surface area contributed by atoms with Gasteiger partial charge in [-0.1, -0.05) is 33.6 Å². The van der Waals surface area contributed by atoms with Crippen molar-refractivity contribution in [2.24, 2.45) is 0 Å². The molecule has 544 valence electrons. The number of methoxy groups -OCH3 is 2. The second-order valence-corrected chi connectivity index (χ2v) is 35.2. The molecule has 7 aliphatic heterocycles. The molecular formula is C76H162N12O3. The Kier molecular flexibility index (Phi) is 39.0. The van der Waals surface area contributed by atoms with Gasteiger partial charge in [0.25, 0.3) is 0 Å². The highest BCUT2D eigenvalue weighted by atomic mass is 16.5. The molecule has 0 amide bonds. The number of piperidine rings is 1. The number of rotatable bonds is 9. The van der Waals surface area contributed by atoms with E-state index in [1.165, 1.54) is 208 Å². The fraction of sp³-hybridized carbons (Fsp3) is 1.00. The third-order valence-electron chi connectivity index (χ3n) is 21.1. The fourth-order valence-electron chi connectivity index (χ4n) is 13.7. The van der Waals surface area contributed by atoms with Crippen LogP contribution in [0.15, 0.2) is 0 Å². The van der Waals surface area contributed by atoms with Crippen molar-refractivity contribution in [3.8, 4) is 0 Å². The molecule has 0 N–H and O–H groups in total. The van der Waals surface area contributed by atoms with Crippen LogP contribution in [-0.4, -0.2) is 326 Å². The Morgan fingerprint density at radius 3 is 0.956 bits per heavy atom. The first kappa shape index (κ1) is 86.5. The molecule has 91 heavy (non-hydrogen) atoms. The highest BCUT2D eigenvalue weighted by Crippen LogP contribution is 2.29. The van der Waals surface area contributed by atoms with E-state index in [9.17, 15) is 0 Å². The number of hydrogen-bond acceptors (Lipinski definition) is 15. The minimum Gasteiger partial charge on any atom is -0.383 e. The van der Waals surface area contributed by atoms with Gasteiger partial charge in [-0.25, -0.2) is 0 Å². The predicted molar refractivity (Wildman–Crippen MR) is 397 cm³/mol. The van der Waals surface area contributed by atoms with Gasteiger partial charge in [0.1, 0.15) is 0 Å². The van der Waals surface area contributed by atoms with Gasteiger partial charge in [-0.05, 0) is 217 Å². The van der Waals surface area contributed by atoms with Gasteiger partial charge in [0.15, 0.2) is 0 Å². The quantitative estimate of drug-likeness (QED) is 0.220. The van der Waals surface area contributed by atoms with Crippen LogP contribution < -0.4 is 0 Å². The third kappa shape index (κ3) is 33.7. The van der Waals surface area contributed by atoms with E-state index >= 15 is 0 Å². The van der Waals surface area contributed by atoms with E-state index in [1.54, 1.807) is 14.2 Å². The van der Waals surface area contributed by atoms with Crippen LogP contribution in [0.5, 0.6) is 0 Å². The molecule has 0 aromatic carbocycles. The average molecular weight is 1290 g/mol. The Hall–Kier alpha value is -0.600. The van der Waals surface area contributed by atoms with Gasteiger partial charge >= 0.3 is 0 Å². The number of piperazine rings is 5. The Morgan fingerprint density at radius 1 is 0.363 bits per heavy atom. The summed E-state index contributed by atoms with van der Waals surface area (Å²) in [6, 6.07) is 2.59. The zero-order valence-corrected chi connectivity index (χ0v) is 65.3. The maximum absolute atomic E-state index is 5.58. The van der Waals surface area contributed by atoms with Crippen LogP contribution >= 0.6 is 0 Å². The van der Waals surface area contributed by atoms with Gasteiger partial charge in [0.2, 0.25) is 0 Å². The molecule has 0 aromatic rings. The lowest BCUT2D eigenvalue weighted by molar-refractivity contribution is -0.0829. The topological polar surface area (TPSA) is 66.6 Å². The Labute approximate surface area is 569 Å². The van der Waals surface area contributed by atoms with Crippen molar-refractivity contribution in [3.63, 3.8) is 0 Å². The first-order valence-electron chi connectivity index (χ1n) is 37.3. The molecule has 0 radical (unpaired) electrons. The molecule has 2 aliphatic carbocycles. The van der Waals surface area contributed by atoms with Crippen LogP contribution in [0.4, 0.5) is 0 Å². The van der Waals surface area contributed by atoms with Crippen LogP contribution in [-0.2, 0) is 14.2 Å². The Balaban J connectivity index is 0.000000362. The number of morpholine rings is 1. The van der Waals surface area contributed by atoms with Gasteiger partial charge in [0, 0.05) is 222 Å². The average Bonchev–Trinajstić information content (AvgIpc) is 1.27. The van der Waals surface area contributed by atoms with E-state index < -0.39 is 0 Å². The van der Waals surface area contributed by atoms with Crippen LogP contribution in [0.25, 0.3) is 0 Å². The maximum Gasteiger partial charge on any atom is 0.0935 e. The van der Waals surface area contributed by atoms with E-state index in [-0.39, 0.29) is 19.1 Å². The summed E-state index contributed by atoms with van der Waals surface area (Å²) < 4.78 is 15.8. The summed E-state index contributed by atoms with van der Waals surface area (Å²) in [5.41, 5.74) is 2.42. The molecule has 9 aliphatic rings. The lowest BCUT2D eigenvalue weighted by Crippen LogP contribution is -2.56. The molecule has 9 rings (SSSR count). The molecule has 2 saturated carbocycles. The third-order valence-corrected chi connectivity index (χ3v) is 21.1. The SMILES string of the molecule is C.CC(C)(C)N1CCCCC1.CC(C)(C)N1CCN(C2CCC2)CC1.CC(C)(C)N1CCN(C2CCC2)CC1.CC(C)N1CCN(C(C)(C)C)CC1.CCN1CCN(C(C)(C)C)CC1.COCCN1CCN(C(C)(C)C)CC1.COC[C@@H]1CN(C(C)(C)C)CCO1. The lowest BCUT2D eigenvalue weighted by Gasteiger charge is -2.46. The van der Waals surface area contributed by atoms with Gasteiger partial charge in [0.05, 0.1) is 25.9 Å². The fourth-order valence-corrected chi connectivity index (χ4v) is 13.7. The molecule has 15 heteroatoms. The highest BCUT2D eigenvalue weighted by Gasteiger charge is 2.34. The zero-order chi connectivity index (χ0) is 67.7. The van der Waals surface area contributed by atoms with Crippen molar-refractivity contribution in [2.45, 2.75) is 294 Å². The number of ether oxygens (including phenoxy) is 3. The summed E-state index contributed by atoms with van der Waals surface area (Å²) in [5.74, 6) is 0. The van der Waals surface area contributed by atoms with E-state index in [0.29, 0.717) is 45.9 Å². The predicted octanol–water partition coefficient (Wildman–Crippen LogP) is 12.2.